The molecule has 0 spiro atoms. The van der Waals surface area contributed by atoms with Crippen LogP contribution in [0.5, 0.6) is 0 Å². The highest BCUT2D eigenvalue weighted by Gasteiger charge is 2.20. The number of fused-ring (bicyclic) bond motifs is 1. The number of carbonyl (C=O) groups excluding carboxylic acids is 1. The number of anilines is 2. The number of nitrogens with zero attached hydrogens (tertiary/aromatic N) is 2. The van der Waals surface area contributed by atoms with Crippen molar-refractivity contribution < 1.29 is 9.72 Å². The molecule has 1 aliphatic rings. The van der Waals surface area contributed by atoms with Crippen LogP contribution in [0.1, 0.15) is 27.3 Å². The molecule has 1 aromatic carbocycles. The van der Waals surface area contributed by atoms with Crippen LogP contribution in [0.2, 0.25) is 0 Å². The first-order valence-electron chi connectivity index (χ1n) is 6.38. The van der Waals surface area contributed by atoms with Gasteiger partial charge in [-0.3, -0.25) is 20.2 Å². The average molecular weight is 304 g/mol. The van der Waals surface area contributed by atoms with Gasteiger partial charge in [-0.05, 0) is 25.3 Å². The first kappa shape index (κ1) is 13.5. The molecule has 0 atom stereocenters. The van der Waals surface area contributed by atoms with Crippen LogP contribution in [0.4, 0.5) is 16.5 Å². The summed E-state index contributed by atoms with van der Waals surface area (Å²) >= 11 is 1.44. The second-order valence-electron chi connectivity index (χ2n) is 4.73. The molecular formula is C13H12N4O3S. The van der Waals surface area contributed by atoms with E-state index in [4.69, 9.17) is 5.73 Å². The number of rotatable bonds is 3. The van der Waals surface area contributed by atoms with Crippen molar-refractivity contribution in [3.05, 3.63) is 44.4 Å². The van der Waals surface area contributed by atoms with E-state index in [1.165, 1.54) is 34.4 Å². The molecule has 8 heteroatoms. The Balaban J connectivity index is 1.84. The number of nitro benzene ring substituents is 1. The predicted molar refractivity (Wildman–Crippen MR) is 79.6 cm³/mol. The summed E-state index contributed by atoms with van der Waals surface area (Å²) in [6.07, 6.45) is 3.02. The lowest BCUT2D eigenvalue weighted by molar-refractivity contribution is -0.384. The van der Waals surface area contributed by atoms with Crippen LogP contribution in [-0.4, -0.2) is 15.8 Å². The Morgan fingerprint density at radius 3 is 2.95 bits per heavy atom. The Morgan fingerprint density at radius 2 is 2.24 bits per heavy atom. The summed E-state index contributed by atoms with van der Waals surface area (Å²) in [4.78, 5) is 27.9. The van der Waals surface area contributed by atoms with Gasteiger partial charge < -0.3 is 5.73 Å². The topological polar surface area (TPSA) is 111 Å². The fraction of sp³-hybridized carbons (Fsp3) is 0.231. The maximum Gasteiger partial charge on any atom is 0.270 e. The van der Waals surface area contributed by atoms with Crippen molar-refractivity contribution in [3.63, 3.8) is 0 Å². The molecule has 2 aromatic rings. The number of amides is 1. The lowest BCUT2D eigenvalue weighted by Crippen LogP contribution is -2.14. The molecule has 7 nitrogen and oxygen atoms in total. The highest BCUT2D eigenvalue weighted by atomic mass is 32.1. The molecule has 108 valence electrons. The maximum atomic E-state index is 12.2. The summed E-state index contributed by atoms with van der Waals surface area (Å²) in [5.74, 6) is -0.483. The van der Waals surface area contributed by atoms with Crippen LogP contribution in [0.15, 0.2) is 18.2 Å². The van der Waals surface area contributed by atoms with Gasteiger partial charge in [-0.1, -0.05) is 0 Å². The van der Waals surface area contributed by atoms with Crippen LogP contribution in [0.3, 0.4) is 0 Å². The molecule has 0 fully saturated rings. The van der Waals surface area contributed by atoms with E-state index in [9.17, 15) is 14.9 Å². The Labute approximate surface area is 124 Å². The molecule has 3 rings (SSSR count). The van der Waals surface area contributed by atoms with Crippen molar-refractivity contribution in [1.29, 1.82) is 0 Å². The van der Waals surface area contributed by atoms with E-state index in [1.807, 2.05) is 0 Å². The number of non-ortho nitro benzene ring substituents is 1. The Morgan fingerprint density at radius 1 is 1.43 bits per heavy atom. The lowest BCUT2D eigenvalue weighted by atomic mass is 10.1. The number of aromatic nitrogens is 1. The van der Waals surface area contributed by atoms with Crippen LogP contribution in [0, 0.1) is 10.1 Å². The number of benzene rings is 1. The monoisotopic (exact) mass is 304 g/mol. The number of thiazole rings is 1. The standard InChI is InChI=1S/C13H12N4O3S/c14-9-5-4-7(17(19)20)6-8(9)12(18)16-13-15-10-2-1-3-11(10)21-13/h4-6H,1-3,14H2,(H,15,16,18). The third-order valence-corrected chi connectivity index (χ3v) is 4.38. The van der Waals surface area contributed by atoms with Crippen molar-refractivity contribution >= 4 is 33.8 Å². The van der Waals surface area contributed by atoms with Crippen molar-refractivity contribution in [2.45, 2.75) is 19.3 Å². The Hall–Kier alpha value is -2.48. The van der Waals surface area contributed by atoms with Gasteiger partial charge in [-0.2, -0.15) is 0 Å². The zero-order chi connectivity index (χ0) is 15.0. The van der Waals surface area contributed by atoms with Crippen LogP contribution in [0.25, 0.3) is 0 Å². The fourth-order valence-corrected chi connectivity index (χ4v) is 3.31. The third-order valence-electron chi connectivity index (χ3n) is 3.31. The van der Waals surface area contributed by atoms with Crippen molar-refractivity contribution in [3.8, 4) is 0 Å². The first-order valence-corrected chi connectivity index (χ1v) is 7.20. The van der Waals surface area contributed by atoms with Crippen molar-refractivity contribution in [2.24, 2.45) is 0 Å². The molecule has 0 aliphatic heterocycles. The minimum Gasteiger partial charge on any atom is -0.398 e. The summed E-state index contributed by atoms with van der Waals surface area (Å²) in [5, 5.41) is 13.9. The summed E-state index contributed by atoms with van der Waals surface area (Å²) < 4.78 is 0. The second kappa shape index (κ2) is 5.13. The number of nitrogens with one attached hydrogen (secondary N) is 1. The first-order chi connectivity index (χ1) is 10.0. The van der Waals surface area contributed by atoms with Gasteiger partial charge in [0.2, 0.25) is 0 Å². The maximum absolute atomic E-state index is 12.2. The molecule has 0 saturated heterocycles. The average Bonchev–Trinajstić information content (AvgIpc) is 2.99. The van der Waals surface area contributed by atoms with E-state index in [1.54, 1.807) is 0 Å². The molecular weight excluding hydrogens is 292 g/mol. The molecule has 0 unspecified atom stereocenters. The number of hydrogen-bond acceptors (Lipinski definition) is 6. The fourth-order valence-electron chi connectivity index (χ4n) is 2.26. The van der Waals surface area contributed by atoms with E-state index >= 15 is 0 Å². The van der Waals surface area contributed by atoms with Gasteiger partial charge in [0.25, 0.3) is 11.6 Å². The molecule has 0 bridgehead atoms. The molecule has 1 amide bonds. The number of nitrogen functional groups attached to an aromatic ring is 1. The van der Waals surface area contributed by atoms with Crippen LogP contribution < -0.4 is 11.1 Å². The van der Waals surface area contributed by atoms with Crippen molar-refractivity contribution in [2.75, 3.05) is 11.1 Å². The predicted octanol–water partition coefficient (Wildman–Crippen LogP) is 2.37. The van der Waals surface area contributed by atoms with E-state index in [2.05, 4.69) is 10.3 Å². The van der Waals surface area contributed by atoms with E-state index < -0.39 is 10.8 Å². The quantitative estimate of drug-likeness (QED) is 0.513. The molecule has 1 heterocycles. The minimum absolute atomic E-state index is 0.0829. The highest BCUT2D eigenvalue weighted by molar-refractivity contribution is 7.16. The van der Waals surface area contributed by atoms with E-state index in [0.29, 0.717) is 5.13 Å². The number of aryl methyl sites for hydroxylation is 2. The van der Waals surface area contributed by atoms with Gasteiger partial charge in [-0.25, -0.2) is 4.98 Å². The van der Waals surface area contributed by atoms with Gasteiger partial charge >= 0.3 is 0 Å². The SMILES string of the molecule is Nc1ccc([N+](=O)[O-])cc1C(=O)Nc1nc2c(s1)CCC2. The highest BCUT2D eigenvalue weighted by Crippen LogP contribution is 2.31. The number of hydrogen-bond donors (Lipinski definition) is 2. The molecule has 3 N–H and O–H groups in total. The minimum atomic E-state index is -0.561. The number of nitrogens with two attached hydrogens (primary N) is 1. The van der Waals surface area contributed by atoms with E-state index in [0.717, 1.165) is 25.0 Å². The van der Waals surface area contributed by atoms with Gasteiger partial charge in [0.05, 0.1) is 16.2 Å². The largest absolute Gasteiger partial charge is 0.398 e. The molecule has 1 aromatic heterocycles. The summed E-state index contributed by atoms with van der Waals surface area (Å²) in [7, 11) is 0. The van der Waals surface area contributed by atoms with Crippen LogP contribution >= 0.6 is 11.3 Å². The Kier molecular flexibility index (Phi) is 3.30. The summed E-state index contributed by atoms with van der Waals surface area (Å²) in [6, 6.07) is 3.80. The molecule has 21 heavy (non-hydrogen) atoms. The zero-order valence-corrected chi connectivity index (χ0v) is 11.8. The molecule has 0 saturated carbocycles. The van der Waals surface area contributed by atoms with Crippen LogP contribution in [-0.2, 0) is 12.8 Å². The second-order valence-corrected chi connectivity index (χ2v) is 5.81. The van der Waals surface area contributed by atoms with Gasteiger partial charge in [0.1, 0.15) is 0 Å². The number of carbonyl (C=O) groups is 1. The van der Waals surface area contributed by atoms with E-state index in [-0.39, 0.29) is 16.9 Å². The Bertz CT molecular complexity index is 720. The smallest absolute Gasteiger partial charge is 0.270 e. The van der Waals surface area contributed by atoms with Gasteiger partial charge in [0.15, 0.2) is 5.13 Å². The summed E-state index contributed by atoms with van der Waals surface area (Å²) in [5.41, 5.74) is 6.86. The summed E-state index contributed by atoms with van der Waals surface area (Å²) in [6.45, 7) is 0. The molecule has 0 radical (unpaired) electrons. The van der Waals surface area contributed by atoms with Gasteiger partial charge in [-0.15, -0.1) is 11.3 Å². The third kappa shape index (κ3) is 2.57. The van der Waals surface area contributed by atoms with Crippen molar-refractivity contribution in [1.82, 2.24) is 4.98 Å². The van der Waals surface area contributed by atoms with Gasteiger partial charge in [0, 0.05) is 22.7 Å². The number of nitro groups is 1. The normalized spacial score (nSPS) is 13.0. The lowest BCUT2D eigenvalue weighted by Gasteiger charge is -2.05. The zero-order valence-electron chi connectivity index (χ0n) is 11.0. The molecule has 1 aliphatic carbocycles.